The second kappa shape index (κ2) is 6.98. The van der Waals surface area contributed by atoms with Gasteiger partial charge in [-0.25, -0.2) is 8.42 Å². The van der Waals surface area contributed by atoms with Gasteiger partial charge in [-0.15, -0.1) is 0 Å². The van der Waals surface area contributed by atoms with Gasteiger partial charge in [0, 0.05) is 12.4 Å². The van der Waals surface area contributed by atoms with Crippen molar-refractivity contribution < 1.29 is 17.7 Å². The predicted octanol–water partition coefficient (Wildman–Crippen LogP) is 2.37. The number of aromatic nitrogens is 3. The van der Waals surface area contributed by atoms with Gasteiger partial charge in [0.15, 0.2) is 10.7 Å². The van der Waals surface area contributed by atoms with Crippen LogP contribution in [0.25, 0.3) is 0 Å². The molecule has 2 aromatic heterocycles. The van der Waals surface area contributed by atoms with Crippen LogP contribution in [0, 0.1) is 13.8 Å². The Hall–Kier alpha value is -2.81. The first-order valence-corrected chi connectivity index (χ1v) is 9.10. The summed E-state index contributed by atoms with van der Waals surface area (Å²) in [4.78, 5) is 0.0406. The Labute approximate surface area is 145 Å². The first kappa shape index (κ1) is 17.0. The summed E-state index contributed by atoms with van der Waals surface area (Å²) in [7, 11) is -3.83. The average Bonchev–Trinajstić information content (AvgIpc) is 3.19. The molecule has 8 nitrogen and oxygen atoms in total. The van der Waals surface area contributed by atoms with E-state index in [-0.39, 0.29) is 10.7 Å². The number of aryl methyl sites for hydroxylation is 2. The number of anilines is 1. The van der Waals surface area contributed by atoms with E-state index in [9.17, 15) is 8.42 Å². The van der Waals surface area contributed by atoms with Crippen molar-refractivity contribution in [2.45, 2.75) is 25.3 Å². The monoisotopic (exact) mass is 362 g/mol. The number of rotatable bonds is 7. The minimum atomic E-state index is -3.83. The van der Waals surface area contributed by atoms with Crippen LogP contribution in [0.1, 0.15) is 11.5 Å². The topological polar surface area (TPSA) is 99.3 Å². The Morgan fingerprint density at radius 1 is 1.24 bits per heavy atom. The van der Waals surface area contributed by atoms with Gasteiger partial charge < -0.3 is 9.26 Å². The molecule has 0 amide bonds. The third-order valence-electron chi connectivity index (χ3n) is 3.51. The van der Waals surface area contributed by atoms with Crippen molar-refractivity contribution in [3.63, 3.8) is 0 Å². The maximum atomic E-state index is 12.6. The number of hydrogen-bond acceptors (Lipinski definition) is 6. The molecule has 2 heterocycles. The van der Waals surface area contributed by atoms with Crippen molar-refractivity contribution in [3.05, 3.63) is 54.2 Å². The van der Waals surface area contributed by atoms with Gasteiger partial charge in [0.25, 0.3) is 10.0 Å². The van der Waals surface area contributed by atoms with E-state index in [1.807, 2.05) is 12.3 Å². The lowest BCUT2D eigenvalue weighted by Crippen LogP contribution is -2.16. The summed E-state index contributed by atoms with van der Waals surface area (Å²) < 4.78 is 40.2. The Balaban J connectivity index is 1.76. The molecule has 132 valence electrons. The molecule has 1 aromatic carbocycles. The minimum Gasteiger partial charge on any atom is -0.489 e. The van der Waals surface area contributed by atoms with E-state index in [1.165, 1.54) is 0 Å². The summed E-state index contributed by atoms with van der Waals surface area (Å²) in [5, 5.41) is 7.78. The fourth-order valence-corrected chi connectivity index (χ4v) is 3.81. The lowest BCUT2D eigenvalue weighted by atomic mass is 10.3. The van der Waals surface area contributed by atoms with Gasteiger partial charge in [0.05, 0.1) is 12.2 Å². The minimum absolute atomic E-state index is 0.0406. The summed E-state index contributed by atoms with van der Waals surface area (Å²) in [6.07, 6.45) is 3.52. The second-order valence-corrected chi connectivity index (χ2v) is 6.99. The van der Waals surface area contributed by atoms with E-state index in [2.05, 4.69) is 15.0 Å². The molecule has 0 radical (unpaired) electrons. The lowest BCUT2D eigenvalue weighted by Gasteiger charge is -2.13. The normalized spacial score (nSPS) is 11.4. The van der Waals surface area contributed by atoms with Crippen molar-refractivity contribution in [1.29, 1.82) is 0 Å². The van der Waals surface area contributed by atoms with E-state index < -0.39 is 10.0 Å². The molecule has 0 atom stereocenters. The quantitative estimate of drug-likeness (QED) is 0.693. The van der Waals surface area contributed by atoms with Crippen LogP contribution in [0.2, 0.25) is 0 Å². The number of benzene rings is 1. The van der Waals surface area contributed by atoms with Crippen LogP contribution < -0.4 is 9.46 Å². The summed E-state index contributed by atoms with van der Waals surface area (Å²) in [6.45, 7) is 4.04. The molecular weight excluding hydrogens is 344 g/mol. The van der Waals surface area contributed by atoms with Crippen molar-refractivity contribution >= 4 is 15.7 Å². The summed E-state index contributed by atoms with van der Waals surface area (Å²) in [5.41, 5.74) is 0.657. The predicted molar refractivity (Wildman–Crippen MR) is 90.9 cm³/mol. The first-order valence-electron chi connectivity index (χ1n) is 7.62. The molecule has 1 N–H and O–H groups in total. The fourth-order valence-electron chi connectivity index (χ4n) is 2.41. The van der Waals surface area contributed by atoms with Gasteiger partial charge in [0.2, 0.25) is 0 Å². The van der Waals surface area contributed by atoms with Crippen molar-refractivity contribution in [1.82, 2.24) is 14.9 Å². The SMILES string of the molecule is Cc1noc(C)c1S(=O)(=O)Nc1ccccc1OCCn1cccn1. The molecule has 3 rings (SSSR count). The summed E-state index contributed by atoms with van der Waals surface area (Å²) >= 11 is 0. The summed E-state index contributed by atoms with van der Waals surface area (Å²) in [5.74, 6) is 0.673. The van der Waals surface area contributed by atoms with E-state index in [1.54, 1.807) is 49.0 Å². The van der Waals surface area contributed by atoms with E-state index in [4.69, 9.17) is 9.26 Å². The number of nitrogens with zero attached hydrogens (tertiary/aromatic N) is 3. The molecule has 0 saturated carbocycles. The highest BCUT2D eigenvalue weighted by Crippen LogP contribution is 2.28. The summed E-state index contributed by atoms with van der Waals surface area (Å²) in [6, 6.07) is 8.67. The molecule has 0 saturated heterocycles. The van der Waals surface area contributed by atoms with Crippen LogP contribution in [-0.2, 0) is 16.6 Å². The maximum absolute atomic E-state index is 12.6. The average molecular weight is 362 g/mol. The number of hydrogen-bond donors (Lipinski definition) is 1. The zero-order valence-electron chi connectivity index (χ0n) is 13.8. The largest absolute Gasteiger partial charge is 0.489 e. The van der Waals surface area contributed by atoms with Crippen LogP contribution in [0.5, 0.6) is 5.75 Å². The van der Waals surface area contributed by atoms with E-state index in [0.29, 0.717) is 30.3 Å². The Kier molecular flexibility index (Phi) is 4.75. The molecule has 0 aliphatic rings. The third-order valence-corrected chi connectivity index (χ3v) is 5.11. The zero-order valence-corrected chi connectivity index (χ0v) is 14.7. The Bertz CT molecular complexity index is 929. The highest BCUT2D eigenvalue weighted by Gasteiger charge is 2.25. The van der Waals surface area contributed by atoms with Gasteiger partial charge in [0.1, 0.15) is 18.1 Å². The Morgan fingerprint density at radius 2 is 2.04 bits per heavy atom. The molecular formula is C16H18N4O4S. The smallest absolute Gasteiger partial charge is 0.267 e. The van der Waals surface area contributed by atoms with Crippen molar-refractivity contribution in [2.24, 2.45) is 0 Å². The van der Waals surface area contributed by atoms with Crippen LogP contribution >= 0.6 is 0 Å². The number of nitrogens with one attached hydrogen (secondary N) is 1. The van der Waals surface area contributed by atoms with Gasteiger partial charge in [-0.1, -0.05) is 17.3 Å². The van der Waals surface area contributed by atoms with Crippen LogP contribution in [0.15, 0.2) is 52.1 Å². The van der Waals surface area contributed by atoms with Crippen molar-refractivity contribution in [3.8, 4) is 5.75 Å². The number of sulfonamides is 1. The lowest BCUT2D eigenvalue weighted by molar-refractivity contribution is 0.292. The fraction of sp³-hybridized carbons (Fsp3) is 0.250. The van der Waals surface area contributed by atoms with Crippen LogP contribution in [0.3, 0.4) is 0 Å². The van der Waals surface area contributed by atoms with Gasteiger partial charge >= 0.3 is 0 Å². The molecule has 9 heteroatoms. The maximum Gasteiger partial charge on any atom is 0.267 e. The number of para-hydroxylation sites is 2. The van der Waals surface area contributed by atoms with Crippen LogP contribution in [0.4, 0.5) is 5.69 Å². The van der Waals surface area contributed by atoms with E-state index >= 15 is 0 Å². The highest BCUT2D eigenvalue weighted by molar-refractivity contribution is 7.92. The highest BCUT2D eigenvalue weighted by atomic mass is 32.2. The molecule has 0 spiro atoms. The van der Waals surface area contributed by atoms with Crippen molar-refractivity contribution in [2.75, 3.05) is 11.3 Å². The zero-order chi connectivity index (χ0) is 17.9. The molecule has 25 heavy (non-hydrogen) atoms. The van der Waals surface area contributed by atoms with E-state index in [0.717, 1.165) is 0 Å². The molecule has 3 aromatic rings. The standard InChI is InChI=1S/C16H18N4O4S/c1-12-16(13(2)24-18-12)25(21,22)19-14-6-3-4-7-15(14)23-11-10-20-9-5-8-17-20/h3-9,19H,10-11H2,1-2H3. The number of ether oxygens (including phenoxy) is 1. The molecule has 0 aliphatic carbocycles. The van der Waals surface area contributed by atoms with Gasteiger partial charge in [-0.3, -0.25) is 9.40 Å². The molecule has 0 bridgehead atoms. The first-order chi connectivity index (χ1) is 12.0. The van der Waals surface area contributed by atoms with Gasteiger partial charge in [-0.05, 0) is 32.0 Å². The molecule has 0 unspecified atom stereocenters. The Morgan fingerprint density at radius 3 is 2.72 bits per heavy atom. The van der Waals surface area contributed by atoms with Crippen LogP contribution in [-0.4, -0.2) is 30.0 Å². The second-order valence-electron chi connectivity index (χ2n) is 5.37. The van der Waals surface area contributed by atoms with Gasteiger partial charge in [-0.2, -0.15) is 5.10 Å². The molecule has 0 aliphatic heterocycles. The molecule has 0 fully saturated rings. The third kappa shape index (κ3) is 3.82.